The van der Waals surface area contributed by atoms with E-state index in [-0.39, 0.29) is 11.3 Å². The second kappa shape index (κ2) is 9.11. The molecule has 0 atom stereocenters. The van der Waals surface area contributed by atoms with Gasteiger partial charge in [0.2, 0.25) is 0 Å². The number of rotatable bonds is 7. The summed E-state index contributed by atoms with van der Waals surface area (Å²) in [6.07, 6.45) is 0. The van der Waals surface area contributed by atoms with E-state index in [1.54, 1.807) is 27.7 Å². The van der Waals surface area contributed by atoms with Crippen LogP contribution in [-0.2, 0) is 30.7 Å². The smallest absolute Gasteiger partial charge is 0.457 e. The van der Waals surface area contributed by atoms with E-state index in [1.165, 1.54) is 36.4 Å². The summed E-state index contributed by atoms with van der Waals surface area (Å²) in [6.45, 7) is 13.7. The van der Waals surface area contributed by atoms with E-state index in [0.29, 0.717) is 11.4 Å². The van der Waals surface area contributed by atoms with Gasteiger partial charge >= 0.3 is 22.9 Å². The van der Waals surface area contributed by atoms with Crippen molar-refractivity contribution >= 4 is 23.1 Å². The average molecular weight is 499 g/mol. The van der Waals surface area contributed by atoms with E-state index in [1.807, 2.05) is 0 Å². The van der Waals surface area contributed by atoms with Crippen LogP contribution in [0.1, 0.15) is 33.3 Å². The Balaban J connectivity index is 1.86. The lowest BCUT2D eigenvalue weighted by atomic mass is 9.90. The van der Waals surface area contributed by atoms with Gasteiger partial charge in [0.15, 0.2) is 5.69 Å². The molecule has 0 unspecified atom stereocenters. The average Bonchev–Trinajstić information content (AvgIpc) is 2.94. The third-order valence-corrected chi connectivity index (χ3v) is 6.29. The van der Waals surface area contributed by atoms with E-state index < -0.39 is 46.5 Å². The van der Waals surface area contributed by atoms with Gasteiger partial charge < -0.3 is 22.9 Å². The maximum atomic E-state index is 12.9. The molecule has 1 aliphatic rings. The van der Waals surface area contributed by atoms with Crippen LogP contribution in [0.5, 0.6) is 17.2 Å². The van der Waals surface area contributed by atoms with E-state index in [0.717, 1.165) is 6.07 Å². The Hall–Kier alpha value is -2.79. The number of nitrogens with zero attached hydrogens (tertiary/aromatic N) is 1. The highest BCUT2D eigenvalue weighted by molar-refractivity contribution is 7.88. The molecular weight excluding hydrogens is 478 g/mol. The first-order chi connectivity index (χ1) is 15.6. The fourth-order valence-corrected chi connectivity index (χ4v) is 3.21. The van der Waals surface area contributed by atoms with Gasteiger partial charge in [0.1, 0.15) is 17.2 Å². The lowest BCUT2D eigenvalue weighted by Gasteiger charge is -2.31. The largest absolute Gasteiger partial charge is 0.640 e. The molecule has 0 spiro atoms. The molecule has 3 rings (SSSR count). The van der Waals surface area contributed by atoms with Crippen LogP contribution in [0.2, 0.25) is 0 Å². The molecule has 2 aromatic carbocycles. The Morgan fingerprint density at radius 3 is 2.09 bits per heavy atom. The Morgan fingerprint density at radius 2 is 1.56 bits per heavy atom. The minimum absolute atomic E-state index is 0.0576. The van der Waals surface area contributed by atoms with E-state index in [2.05, 4.69) is 9.03 Å². The molecule has 0 aliphatic carbocycles. The van der Waals surface area contributed by atoms with Gasteiger partial charge in [-0.1, -0.05) is 12.1 Å². The van der Waals surface area contributed by atoms with E-state index >= 15 is 0 Å². The maximum Gasteiger partial charge on any atom is 0.640 e. The number of hydrogen-bond acceptors (Lipinski definition) is 7. The van der Waals surface area contributed by atoms with Crippen molar-refractivity contribution in [2.24, 2.45) is 0 Å². The number of alkyl halides is 3. The maximum absolute atomic E-state index is 12.9. The van der Waals surface area contributed by atoms with Crippen molar-refractivity contribution in [1.82, 2.24) is 0 Å². The van der Waals surface area contributed by atoms with Crippen molar-refractivity contribution in [1.29, 1.82) is 0 Å². The normalized spacial score (nSPS) is 17.3. The van der Waals surface area contributed by atoms with E-state index in [9.17, 15) is 21.6 Å². The quantitative estimate of drug-likeness (QED) is 0.219. The van der Waals surface area contributed by atoms with Crippen molar-refractivity contribution in [3.05, 3.63) is 59.4 Å². The second-order valence-electron chi connectivity index (χ2n) is 8.32. The van der Waals surface area contributed by atoms with Crippen LogP contribution < -0.4 is 8.92 Å². The molecule has 0 N–H and O–H groups in total. The molecule has 0 amide bonds. The minimum atomic E-state index is -5.91. The van der Waals surface area contributed by atoms with Crippen LogP contribution in [0.25, 0.3) is 4.85 Å². The Morgan fingerprint density at radius 1 is 1.00 bits per heavy atom. The molecule has 1 fully saturated rings. The summed E-state index contributed by atoms with van der Waals surface area (Å²) in [4.78, 5) is 3.27. The van der Waals surface area contributed by atoms with Crippen LogP contribution in [0.3, 0.4) is 0 Å². The molecule has 0 bridgehead atoms. The van der Waals surface area contributed by atoms with Gasteiger partial charge in [-0.2, -0.15) is 21.6 Å². The van der Waals surface area contributed by atoms with Crippen LogP contribution in [-0.4, -0.2) is 32.4 Å². The monoisotopic (exact) mass is 499 g/mol. The van der Waals surface area contributed by atoms with Crippen molar-refractivity contribution < 1.29 is 44.5 Å². The Kier molecular flexibility index (Phi) is 6.92. The second-order valence-corrected chi connectivity index (χ2v) is 9.85. The molecule has 1 heterocycles. The summed E-state index contributed by atoms with van der Waals surface area (Å²) in [5.41, 5.74) is -6.72. The number of halogens is 3. The molecule has 0 aromatic heterocycles. The number of benzene rings is 2. The lowest BCUT2D eigenvalue weighted by Crippen LogP contribution is -2.41. The predicted molar refractivity (Wildman–Crippen MR) is 116 cm³/mol. The van der Waals surface area contributed by atoms with E-state index in [4.69, 9.17) is 25.3 Å². The van der Waals surface area contributed by atoms with Crippen LogP contribution in [0, 0.1) is 6.57 Å². The minimum Gasteiger partial charge on any atom is -0.457 e. The summed E-state index contributed by atoms with van der Waals surface area (Å²) < 4.78 is 88.6. The zero-order chi connectivity index (χ0) is 25.4. The lowest BCUT2D eigenvalue weighted by molar-refractivity contribution is -0.0500. The standard InChI is InChI=1S/C21H21BF3NO7S/c1-19(2)20(3,4)33-22(32-19)29-13-14-12-17(30-16-8-6-15(26-5)7-9-16)10-11-18(14)31-34(27,28)21(23,24)25/h6-12H,13H2,1-4H3. The molecule has 1 saturated heterocycles. The zero-order valence-corrected chi connectivity index (χ0v) is 19.5. The van der Waals surface area contributed by atoms with Gasteiger partial charge in [-0.3, -0.25) is 0 Å². The summed E-state index contributed by atoms with van der Waals surface area (Å²) in [7, 11) is -7.06. The summed E-state index contributed by atoms with van der Waals surface area (Å²) in [6, 6.07) is 9.65. The molecule has 0 radical (unpaired) electrons. The molecule has 182 valence electrons. The first-order valence-corrected chi connectivity index (χ1v) is 11.3. The molecule has 8 nitrogen and oxygen atoms in total. The first kappa shape index (κ1) is 25.8. The number of hydrogen-bond donors (Lipinski definition) is 0. The predicted octanol–water partition coefficient (Wildman–Crippen LogP) is 5.36. The highest BCUT2D eigenvalue weighted by atomic mass is 32.2. The number of ether oxygens (including phenoxy) is 1. The van der Waals surface area contributed by atoms with Crippen molar-refractivity contribution in [2.75, 3.05) is 0 Å². The zero-order valence-electron chi connectivity index (χ0n) is 18.7. The first-order valence-electron chi connectivity index (χ1n) is 9.90. The molecular formula is C21H21BF3NO7S. The third kappa shape index (κ3) is 5.64. The molecule has 1 aliphatic heterocycles. The van der Waals surface area contributed by atoms with Crippen LogP contribution in [0.4, 0.5) is 18.9 Å². The topological polar surface area (TPSA) is 84.7 Å². The van der Waals surface area contributed by atoms with Crippen LogP contribution in [0.15, 0.2) is 42.5 Å². The van der Waals surface area contributed by atoms with Crippen molar-refractivity contribution in [2.45, 2.75) is 51.0 Å². The van der Waals surface area contributed by atoms with Crippen molar-refractivity contribution in [3.8, 4) is 17.2 Å². The Bertz CT molecular complexity index is 1180. The highest BCUT2D eigenvalue weighted by Gasteiger charge is 2.53. The fourth-order valence-electron chi connectivity index (χ4n) is 2.72. The molecule has 2 aromatic rings. The summed E-state index contributed by atoms with van der Waals surface area (Å²) >= 11 is 0. The van der Waals surface area contributed by atoms with Crippen molar-refractivity contribution in [3.63, 3.8) is 0 Å². The summed E-state index contributed by atoms with van der Waals surface area (Å²) in [5, 5.41) is 0. The van der Waals surface area contributed by atoms with Gasteiger partial charge in [0.05, 0.1) is 24.4 Å². The highest BCUT2D eigenvalue weighted by Crippen LogP contribution is 2.38. The van der Waals surface area contributed by atoms with Crippen LogP contribution >= 0.6 is 0 Å². The van der Waals surface area contributed by atoms with Gasteiger partial charge in [0.25, 0.3) is 0 Å². The molecule has 13 heteroatoms. The Labute approximate surface area is 195 Å². The third-order valence-electron chi connectivity index (χ3n) is 5.32. The SMILES string of the molecule is [C-]#[N+]c1ccc(Oc2ccc(OS(=O)(=O)C(F)(F)F)c(COB3OC(C)(C)C(C)(C)O3)c2)cc1. The molecule has 34 heavy (non-hydrogen) atoms. The van der Waals surface area contributed by atoms with Gasteiger partial charge in [-0.05, 0) is 58.0 Å². The summed E-state index contributed by atoms with van der Waals surface area (Å²) in [5.74, 6) is -0.0776. The van der Waals surface area contributed by atoms with Gasteiger partial charge in [-0.15, -0.1) is 0 Å². The fraction of sp³-hybridized carbons (Fsp3) is 0.381. The molecule has 0 saturated carbocycles. The van der Waals surface area contributed by atoms with Gasteiger partial charge in [-0.25, -0.2) is 4.85 Å². The van der Waals surface area contributed by atoms with Gasteiger partial charge in [0, 0.05) is 5.56 Å².